The fourth-order valence-corrected chi connectivity index (χ4v) is 4.88. The van der Waals surface area contributed by atoms with E-state index in [1.807, 2.05) is 24.3 Å². The van der Waals surface area contributed by atoms with Gasteiger partial charge in [-0.15, -0.1) is 0 Å². The monoisotopic (exact) mass is 446 g/mol. The predicted molar refractivity (Wildman–Crippen MR) is 121 cm³/mol. The van der Waals surface area contributed by atoms with Gasteiger partial charge in [-0.1, -0.05) is 44.2 Å². The molecule has 1 aliphatic heterocycles. The van der Waals surface area contributed by atoms with Crippen molar-refractivity contribution in [2.75, 3.05) is 24.2 Å². The molecule has 0 saturated heterocycles. The maximum Gasteiger partial charge on any atom is 0.241 e. The number of nitrogens with zero attached hydrogens (tertiary/aromatic N) is 1. The fraction of sp³-hybridized carbons (Fsp3) is 0.435. The highest BCUT2D eigenvalue weighted by Crippen LogP contribution is 2.42. The molecule has 31 heavy (non-hydrogen) atoms. The third kappa shape index (κ3) is 4.95. The zero-order valence-electron chi connectivity index (χ0n) is 18.4. The van der Waals surface area contributed by atoms with Gasteiger partial charge in [0, 0.05) is 12.0 Å². The third-order valence-electron chi connectivity index (χ3n) is 5.86. The van der Waals surface area contributed by atoms with Crippen LogP contribution >= 0.6 is 0 Å². The number of nitrogens with one attached hydrogen (secondary N) is 1. The van der Waals surface area contributed by atoms with Gasteiger partial charge in [-0.2, -0.15) is 0 Å². The summed E-state index contributed by atoms with van der Waals surface area (Å²) in [6.45, 7) is 3.80. The summed E-state index contributed by atoms with van der Waals surface area (Å²) in [5.41, 5.74) is 0.855. The quantitative estimate of drug-likeness (QED) is 0.669. The van der Waals surface area contributed by atoms with Gasteiger partial charge in [-0.25, -0.2) is 8.42 Å². The first-order chi connectivity index (χ1) is 14.7. The normalized spacial score (nSPS) is 17.2. The number of fused-ring (bicyclic) bond motifs is 1. The van der Waals surface area contributed by atoms with Crippen LogP contribution in [0.2, 0.25) is 0 Å². The Kier molecular flexibility index (Phi) is 6.79. The Balaban J connectivity index is 1.87. The highest BCUT2D eigenvalue weighted by Gasteiger charge is 2.39. The zero-order valence-corrected chi connectivity index (χ0v) is 19.2. The zero-order chi connectivity index (χ0) is 22.6. The SMILES string of the molecule is CCC1(CC)C[C@H](NC(=O)CN(c2ccccc2OC)S(C)(=O)=O)c2ccccc2O1. The van der Waals surface area contributed by atoms with E-state index in [9.17, 15) is 13.2 Å². The number of rotatable bonds is 8. The molecule has 8 heteroatoms. The molecule has 1 atom stereocenters. The van der Waals surface area contributed by atoms with Crippen LogP contribution in [0, 0.1) is 0 Å². The van der Waals surface area contributed by atoms with Crippen LogP contribution in [0.3, 0.4) is 0 Å². The molecule has 2 aromatic carbocycles. The van der Waals surface area contributed by atoms with Crippen LogP contribution in [0.15, 0.2) is 48.5 Å². The molecule has 0 saturated carbocycles. The van der Waals surface area contributed by atoms with Crippen molar-refractivity contribution in [3.8, 4) is 11.5 Å². The minimum Gasteiger partial charge on any atom is -0.495 e. The summed E-state index contributed by atoms with van der Waals surface area (Å²) < 4.78 is 37.6. The van der Waals surface area contributed by atoms with Crippen molar-refractivity contribution < 1.29 is 22.7 Å². The number of carbonyl (C=O) groups excluding carboxylic acids is 1. The van der Waals surface area contributed by atoms with Gasteiger partial charge in [-0.3, -0.25) is 9.10 Å². The first-order valence-corrected chi connectivity index (χ1v) is 12.3. The standard InChI is InChI=1S/C23H30N2O5S/c1-5-23(6-2)15-18(17-11-7-9-13-20(17)30-23)24-22(26)16-25(31(4,27)28)19-12-8-10-14-21(19)29-3/h7-14,18H,5-6,15-16H2,1-4H3,(H,24,26)/t18-/m0/s1. The lowest BCUT2D eigenvalue weighted by Gasteiger charge is -2.41. The Morgan fingerprint density at radius 3 is 2.45 bits per heavy atom. The molecule has 0 aliphatic carbocycles. The molecule has 1 heterocycles. The van der Waals surface area contributed by atoms with Crippen molar-refractivity contribution in [3.63, 3.8) is 0 Å². The fourth-order valence-electron chi connectivity index (χ4n) is 4.02. The molecule has 0 aromatic heterocycles. The number of benzene rings is 2. The van der Waals surface area contributed by atoms with Crippen molar-refractivity contribution in [3.05, 3.63) is 54.1 Å². The van der Waals surface area contributed by atoms with Gasteiger partial charge in [0.25, 0.3) is 0 Å². The lowest BCUT2D eigenvalue weighted by Crippen LogP contribution is -2.47. The number of para-hydroxylation sites is 3. The van der Waals surface area contributed by atoms with E-state index in [0.29, 0.717) is 17.9 Å². The highest BCUT2D eigenvalue weighted by molar-refractivity contribution is 7.92. The highest BCUT2D eigenvalue weighted by atomic mass is 32.2. The van der Waals surface area contributed by atoms with Crippen molar-refractivity contribution in [1.29, 1.82) is 0 Å². The van der Waals surface area contributed by atoms with Crippen molar-refractivity contribution in [2.24, 2.45) is 0 Å². The molecule has 0 unspecified atom stereocenters. The largest absolute Gasteiger partial charge is 0.495 e. The number of ether oxygens (including phenoxy) is 2. The first-order valence-electron chi connectivity index (χ1n) is 10.4. The van der Waals surface area contributed by atoms with E-state index in [1.54, 1.807) is 24.3 Å². The minimum atomic E-state index is -3.71. The first kappa shape index (κ1) is 22.9. The Hall–Kier alpha value is -2.74. The Bertz CT molecular complexity index is 1030. The number of methoxy groups -OCH3 is 1. The number of anilines is 1. The van der Waals surface area contributed by atoms with Gasteiger partial charge in [0.15, 0.2) is 0 Å². The van der Waals surface area contributed by atoms with Crippen LogP contribution in [0.4, 0.5) is 5.69 Å². The Morgan fingerprint density at radius 1 is 1.16 bits per heavy atom. The molecule has 0 radical (unpaired) electrons. The average Bonchev–Trinajstić information content (AvgIpc) is 2.76. The van der Waals surface area contributed by atoms with Crippen molar-refractivity contribution in [2.45, 2.75) is 44.8 Å². The van der Waals surface area contributed by atoms with E-state index in [2.05, 4.69) is 19.2 Å². The topological polar surface area (TPSA) is 84.9 Å². The molecular weight excluding hydrogens is 416 g/mol. The van der Waals surface area contributed by atoms with E-state index >= 15 is 0 Å². The summed E-state index contributed by atoms with van der Waals surface area (Å²) in [6, 6.07) is 14.1. The Morgan fingerprint density at radius 2 is 1.81 bits per heavy atom. The van der Waals surface area contributed by atoms with E-state index in [4.69, 9.17) is 9.47 Å². The summed E-state index contributed by atoms with van der Waals surface area (Å²) in [4.78, 5) is 13.0. The van der Waals surface area contributed by atoms with Crippen LogP contribution in [-0.2, 0) is 14.8 Å². The lowest BCUT2D eigenvalue weighted by molar-refractivity contribution is -0.121. The van der Waals surface area contributed by atoms with Gasteiger partial charge >= 0.3 is 0 Å². The number of carbonyl (C=O) groups is 1. The molecule has 0 fully saturated rings. The second-order valence-electron chi connectivity index (χ2n) is 7.80. The van der Waals surface area contributed by atoms with E-state index < -0.39 is 10.0 Å². The van der Waals surface area contributed by atoms with Crippen LogP contribution in [0.25, 0.3) is 0 Å². The number of hydrogen-bond acceptors (Lipinski definition) is 5. The molecule has 2 aromatic rings. The number of amides is 1. The second kappa shape index (κ2) is 9.18. The van der Waals surface area contributed by atoms with E-state index in [-0.39, 0.29) is 24.1 Å². The average molecular weight is 447 g/mol. The molecule has 1 aliphatic rings. The molecule has 3 rings (SSSR count). The second-order valence-corrected chi connectivity index (χ2v) is 9.70. The van der Waals surface area contributed by atoms with E-state index in [0.717, 1.165) is 34.7 Å². The number of hydrogen-bond donors (Lipinski definition) is 1. The van der Waals surface area contributed by atoms with Gasteiger partial charge < -0.3 is 14.8 Å². The summed E-state index contributed by atoms with van der Waals surface area (Å²) in [5.74, 6) is 0.750. The lowest BCUT2D eigenvalue weighted by atomic mass is 9.83. The van der Waals surface area contributed by atoms with Gasteiger partial charge in [0.05, 0.1) is 25.1 Å². The van der Waals surface area contributed by atoms with Crippen LogP contribution in [-0.4, -0.2) is 39.8 Å². The van der Waals surface area contributed by atoms with Gasteiger partial charge in [0.2, 0.25) is 15.9 Å². The molecular formula is C23H30N2O5S. The van der Waals surface area contributed by atoms with Crippen molar-refractivity contribution >= 4 is 21.6 Å². The maximum atomic E-state index is 13.0. The smallest absolute Gasteiger partial charge is 0.241 e. The molecule has 168 valence electrons. The predicted octanol–water partition coefficient (Wildman–Crippen LogP) is 3.66. The van der Waals surface area contributed by atoms with Crippen LogP contribution < -0.4 is 19.1 Å². The summed E-state index contributed by atoms with van der Waals surface area (Å²) in [5, 5.41) is 3.04. The van der Waals surface area contributed by atoms with Crippen LogP contribution in [0.5, 0.6) is 11.5 Å². The van der Waals surface area contributed by atoms with Crippen molar-refractivity contribution in [1.82, 2.24) is 5.32 Å². The molecule has 0 spiro atoms. The number of sulfonamides is 1. The van der Waals surface area contributed by atoms with E-state index in [1.165, 1.54) is 7.11 Å². The molecule has 1 N–H and O–H groups in total. The summed E-state index contributed by atoms with van der Waals surface area (Å²) in [6.07, 6.45) is 3.31. The third-order valence-corrected chi connectivity index (χ3v) is 6.99. The van der Waals surface area contributed by atoms with Crippen LogP contribution in [0.1, 0.15) is 44.7 Å². The summed E-state index contributed by atoms with van der Waals surface area (Å²) in [7, 11) is -2.25. The van der Waals surface area contributed by atoms with Gasteiger partial charge in [-0.05, 0) is 31.0 Å². The minimum absolute atomic E-state index is 0.267. The summed E-state index contributed by atoms with van der Waals surface area (Å²) >= 11 is 0. The Labute approximate surface area is 184 Å². The molecule has 7 nitrogen and oxygen atoms in total. The maximum absolute atomic E-state index is 13.0. The van der Waals surface area contributed by atoms with Gasteiger partial charge in [0.1, 0.15) is 23.6 Å². The molecule has 1 amide bonds. The molecule has 0 bridgehead atoms.